The first kappa shape index (κ1) is 37.3. The van der Waals surface area contributed by atoms with Gasteiger partial charge >= 0.3 is 11.4 Å². The molecule has 6 rings (SSSR count). The first-order chi connectivity index (χ1) is 25.8. The number of likely N-dealkylation sites (tertiary alicyclic amines) is 1. The highest BCUT2D eigenvalue weighted by molar-refractivity contribution is 5.94. The number of nitrogens with two attached hydrogens (primary N) is 1. The van der Waals surface area contributed by atoms with E-state index in [1.165, 1.54) is 19.5 Å². The van der Waals surface area contributed by atoms with Crippen molar-refractivity contribution >= 4 is 17.7 Å². The molecule has 12 heteroatoms. The van der Waals surface area contributed by atoms with Crippen LogP contribution in [0.15, 0.2) is 101 Å². The van der Waals surface area contributed by atoms with Crippen LogP contribution < -0.4 is 27.7 Å². The minimum atomic E-state index is -1.00. The molecule has 2 aliphatic rings. The highest BCUT2D eigenvalue weighted by Gasteiger charge is 2.37. The molecule has 4 N–H and O–H groups in total. The lowest BCUT2D eigenvalue weighted by molar-refractivity contribution is -0.133. The Labute approximate surface area is 309 Å². The van der Waals surface area contributed by atoms with E-state index in [1.54, 1.807) is 6.08 Å². The van der Waals surface area contributed by atoms with Crippen LogP contribution in [-0.4, -0.2) is 56.2 Å². The second kappa shape index (κ2) is 17.4. The fourth-order valence-corrected chi connectivity index (χ4v) is 7.21. The van der Waals surface area contributed by atoms with E-state index >= 15 is 0 Å². The van der Waals surface area contributed by atoms with Gasteiger partial charge in [-0.1, -0.05) is 85.8 Å². The van der Waals surface area contributed by atoms with Crippen molar-refractivity contribution in [1.82, 2.24) is 29.5 Å². The summed E-state index contributed by atoms with van der Waals surface area (Å²) in [5.41, 5.74) is 9.19. The van der Waals surface area contributed by atoms with Gasteiger partial charge in [-0.25, -0.2) is 23.5 Å². The zero-order valence-corrected chi connectivity index (χ0v) is 30.3. The summed E-state index contributed by atoms with van der Waals surface area (Å²) in [6.45, 7) is 4.42. The molecule has 3 amide bonds. The molecule has 1 saturated heterocycles. The molecule has 0 saturated carbocycles. The molecule has 3 aromatic carbocycles. The monoisotopic (exact) mass is 719 g/mol. The molecule has 0 spiro atoms. The molecule has 0 bridgehead atoms. The third-order valence-electron chi connectivity index (χ3n) is 10.4. The third-order valence-corrected chi connectivity index (χ3v) is 10.4. The van der Waals surface area contributed by atoms with Crippen LogP contribution in [0.25, 0.3) is 0 Å². The number of carbonyl (C=O) groups excluding carboxylic acids is 3. The van der Waals surface area contributed by atoms with Crippen LogP contribution in [0.4, 0.5) is 0 Å². The second-order valence-corrected chi connectivity index (χ2v) is 13.9. The molecule has 12 nitrogen and oxygen atoms in total. The maximum atomic E-state index is 14.0. The van der Waals surface area contributed by atoms with E-state index in [1.807, 2.05) is 89.8 Å². The van der Waals surface area contributed by atoms with Gasteiger partial charge in [-0.3, -0.25) is 14.4 Å². The van der Waals surface area contributed by atoms with Gasteiger partial charge in [0.05, 0.1) is 12.6 Å². The van der Waals surface area contributed by atoms with Gasteiger partial charge in [0.1, 0.15) is 0 Å². The number of amides is 3. The number of unbranched alkanes of at least 4 members (excludes halogenated alkanes) is 1. The molecule has 3 heterocycles. The standard InChI is InChI=1S/C41H49N7O5/c1-2-29-15-17-34(18-16-29)38(50)43-23-7-6-10-37(49)45-24-21-33(22-25-45)35-19-20-36(39(51)44-27-31-13-11-30(26-42)12-14-31)48-41(53)46(40(52)47(35)48)28-32-8-4-3-5-9-32/h3-5,8-9,11-20,33,35-36H,2,6-7,10,21-28,42H2,1H3,(H,43,50)(H,44,51). The Morgan fingerprint density at radius 2 is 1.42 bits per heavy atom. The minimum Gasteiger partial charge on any atom is -0.352 e. The number of carbonyl (C=O) groups is 3. The first-order valence-corrected chi connectivity index (χ1v) is 18.6. The predicted octanol–water partition coefficient (Wildman–Crippen LogP) is 3.69. The largest absolute Gasteiger partial charge is 0.352 e. The van der Waals surface area contributed by atoms with Gasteiger partial charge in [0, 0.05) is 44.7 Å². The van der Waals surface area contributed by atoms with E-state index in [9.17, 15) is 24.0 Å². The van der Waals surface area contributed by atoms with Crippen LogP contribution in [0.1, 0.15) is 83.7 Å². The van der Waals surface area contributed by atoms with Crippen molar-refractivity contribution in [2.24, 2.45) is 11.7 Å². The van der Waals surface area contributed by atoms with Gasteiger partial charge in [0.15, 0.2) is 6.04 Å². The van der Waals surface area contributed by atoms with Gasteiger partial charge in [0.2, 0.25) is 11.8 Å². The maximum Gasteiger partial charge on any atom is 0.348 e. The van der Waals surface area contributed by atoms with Gasteiger partial charge < -0.3 is 21.3 Å². The van der Waals surface area contributed by atoms with Crippen LogP contribution in [0.3, 0.4) is 0 Å². The number of benzene rings is 3. The molecule has 4 aromatic rings. The number of fused-ring (bicyclic) bond motifs is 1. The Kier molecular flexibility index (Phi) is 12.2. The van der Waals surface area contributed by atoms with Crippen molar-refractivity contribution in [3.63, 3.8) is 0 Å². The predicted molar refractivity (Wildman–Crippen MR) is 203 cm³/mol. The first-order valence-electron chi connectivity index (χ1n) is 18.6. The van der Waals surface area contributed by atoms with Crippen molar-refractivity contribution in [2.75, 3.05) is 19.6 Å². The Balaban J connectivity index is 1.08. The summed E-state index contributed by atoms with van der Waals surface area (Å²) in [4.78, 5) is 69.0. The number of aromatic nitrogens is 3. The molecule has 53 heavy (non-hydrogen) atoms. The topological polar surface area (TPSA) is 153 Å². The number of piperidine rings is 1. The Morgan fingerprint density at radius 1 is 0.755 bits per heavy atom. The van der Waals surface area contributed by atoms with Crippen LogP contribution in [0.2, 0.25) is 0 Å². The van der Waals surface area contributed by atoms with Gasteiger partial charge in [-0.2, -0.15) is 0 Å². The number of nitrogens with one attached hydrogen (secondary N) is 2. The van der Waals surface area contributed by atoms with Gasteiger partial charge in [0.25, 0.3) is 5.91 Å². The van der Waals surface area contributed by atoms with Gasteiger partial charge in [-0.15, -0.1) is 0 Å². The smallest absolute Gasteiger partial charge is 0.348 e. The Hall–Kier alpha value is -5.49. The molecule has 278 valence electrons. The normalized spacial score (nSPS) is 17.0. The molecule has 2 unspecified atom stereocenters. The van der Waals surface area contributed by atoms with Crippen molar-refractivity contribution < 1.29 is 14.4 Å². The summed E-state index contributed by atoms with van der Waals surface area (Å²) in [6, 6.07) is 23.1. The van der Waals surface area contributed by atoms with Crippen molar-refractivity contribution in [3.05, 3.63) is 140 Å². The van der Waals surface area contributed by atoms with E-state index in [2.05, 4.69) is 17.6 Å². The quantitative estimate of drug-likeness (QED) is 0.134. The number of hydrogen-bond acceptors (Lipinski definition) is 6. The third kappa shape index (κ3) is 8.77. The number of allylic oxidation sites excluding steroid dienone is 1. The van der Waals surface area contributed by atoms with E-state index in [0.29, 0.717) is 63.8 Å². The molecular weight excluding hydrogens is 670 g/mol. The minimum absolute atomic E-state index is 0.0158. The van der Waals surface area contributed by atoms with Crippen LogP contribution in [-0.2, 0) is 35.6 Å². The number of aryl methyl sites for hydroxylation is 1. The Morgan fingerprint density at radius 3 is 2.09 bits per heavy atom. The zero-order valence-electron chi connectivity index (χ0n) is 30.3. The molecule has 2 aliphatic heterocycles. The lowest BCUT2D eigenvalue weighted by atomic mass is 9.88. The highest BCUT2D eigenvalue weighted by atomic mass is 16.2. The molecule has 2 atom stereocenters. The van der Waals surface area contributed by atoms with E-state index < -0.39 is 23.5 Å². The Bertz CT molecular complexity index is 2020. The summed E-state index contributed by atoms with van der Waals surface area (Å²) < 4.78 is 3.96. The van der Waals surface area contributed by atoms with Gasteiger partial charge in [-0.05, 0) is 72.4 Å². The lowest BCUT2D eigenvalue weighted by Crippen LogP contribution is -2.46. The van der Waals surface area contributed by atoms with Crippen molar-refractivity contribution in [3.8, 4) is 0 Å². The fourth-order valence-electron chi connectivity index (χ4n) is 7.21. The number of nitrogens with zero attached hydrogens (tertiary/aromatic N) is 4. The summed E-state index contributed by atoms with van der Waals surface area (Å²) in [5.74, 6) is -0.445. The van der Waals surface area contributed by atoms with Crippen LogP contribution in [0, 0.1) is 5.92 Å². The number of hydrogen-bond donors (Lipinski definition) is 3. The lowest BCUT2D eigenvalue weighted by Gasteiger charge is -2.37. The van der Waals surface area contributed by atoms with Crippen LogP contribution >= 0.6 is 0 Å². The average Bonchev–Trinajstić information content (AvgIpc) is 3.45. The summed E-state index contributed by atoms with van der Waals surface area (Å²) >= 11 is 0. The van der Waals surface area contributed by atoms with E-state index in [4.69, 9.17) is 5.73 Å². The van der Waals surface area contributed by atoms with Crippen molar-refractivity contribution in [1.29, 1.82) is 0 Å². The zero-order chi connectivity index (χ0) is 37.3. The molecule has 0 aliphatic carbocycles. The highest BCUT2D eigenvalue weighted by Crippen LogP contribution is 2.33. The molecular formula is C41H49N7O5. The fraction of sp³-hybridized carbons (Fsp3) is 0.390. The number of rotatable bonds is 14. The van der Waals surface area contributed by atoms with E-state index in [-0.39, 0.29) is 36.7 Å². The van der Waals surface area contributed by atoms with Crippen LogP contribution in [0.5, 0.6) is 0 Å². The van der Waals surface area contributed by atoms with E-state index in [0.717, 1.165) is 23.1 Å². The molecule has 1 fully saturated rings. The molecule has 0 radical (unpaired) electrons. The molecule has 1 aromatic heterocycles. The summed E-state index contributed by atoms with van der Waals surface area (Å²) in [5, 5.41) is 5.87. The van der Waals surface area contributed by atoms with Crippen molar-refractivity contribution in [2.45, 2.75) is 77.2 Å². The second-order valence-electron chi connectivity index (χ2n) is 13.9. The maximum absolute atomic E-state index is 14.0. The summed E-state index contributed by atoms with van der Waals surface area (Å²) in [6.07, 6.45) is 7.57. The SMILES string of the molecule is CCc1ccc(C(=O)NCCCCC(=O)N2CCC(C3C=CC(C(=O)NCc4ccc(CN)cc4)n4c(=O)n(Cc5ccccc5)c(=O)n43)CC2)cc1. The average molecular weight is 720 g/mol. The summed E-state index contributed by atoms with van der Waals surface area (Å²) in [7, 11) is 0.